The fourth-order valence-corrected chi connectivity index (χ4v) is 5.33. The van der Waals surface area contributed by atoms with E-state index in [1.807, 2.05) is 6.92 Å². The molecule has 0 aromatic rings. The second-order valence-electron chi connectivity index (χ2n) is 6.82. The summed E-state index contributed by atoms with van der Waals surface area (Å²) >= 11 is 0. The molecule has 2 saturated heterocycles. The topological polar surface area (TPSA) is 90.0 Å². The van der Waals surface area contributed by atoms with Crippen LogP contribution in [-0.2, 0) is 14.6 Å². The molecule has 3 amide bonds. The first kappa shape index (κ1) is 19.0. The number of piperazine rings is 1. The predicted molar refractivity (Wildman–Crippen MR) is 91.5 cm³/mol. The van der Waals surface area contributed by atoms with Gasteiger partial charge in [0.05, 0.1) is 30.1 Å². The number of fused-ring (bicyclic) bond motifs is 1. The highest BCUT2D eigenvalue weighted by Crippen LogP contribution is 2.27. The van der Waals surface area contributed by atoms with Crippen LogP contribution >= 0.6 is 0 Å². The largest absolute Gasteiger partial charge is 0.338 e. The zero-order chi connectivity index (χ0) is 17.9. The Balaban J connectivity index is 2.12. The summed E-state index contributed by atoms with van der Waals surface area (Å²) in [6, 6.07) is -1.11. The van der Waals surface area contributed by atoms with Crippen LogP contribution in [0, 0.1) is 0 Å². The molecule has 0 unspecified atom stereocenters. The van der Waals surface area contributed by atoms with Gasteiger partial charge in [0.2, 0.25) is 5.91 Å². The number of sulfone groups is 1. The standard InChI is InChI=1S/C15H28N4O4S/c1-4-5-6-16-15(21)19-8-7-18(14(20)9-17(2)3)12-10-24(22,23)11-13(12)19/h12-13H,4-11H2,1-3H3,(H,16,21)/t12-,13+/m0/s1. The normalized spacial score (nSPS) is 25.7. The first-order valence-corrected chi connectivity index (χ1v) is 10.3. The van der Waals surface area contributed by atoms with E-state index in [0.717, 1.165) is 12.8 Å². The van der Waals surface area contributed by atoms with Crippen LogP contribution in [-0.4, -0.2) is 98.9 Å². The number of nitrogens with one attached hydrogen (secondary N) is 1. The SMILES string of the molecule is CCCCNC(=O)N1CCN(C(=O)CN(C)C)[C@H]2CS(=O)(=O)C[C@H]21. The van der Waals surface area contributed by atoms with E-state index in [-0.39, 0.29) is 30.0 Å². The van der Waals surface area contributed by atoms with E-state index in [9.17, 15) is 18.0 Å². The molecule has 8 nitrogen and oxygen atoms in total. The lowest BCUT2D eigenvalue weighted by Gasteiger charge is -2.44. The Bertz CT molecular complexity index is 578. The second kappa shape index (κ2) is 7.69. The number of carbonyl (C=O) groups is 2. The lowest BCUT2D eigenvalue weighted by atomic mass is 10.0. The van der Waals surface area contributed by atoms with Crippen molar-refractivity contribution in [2.45, 2.75) is 31.8 Å². The molecular formula is C15H28N4O4S. The molecule has 0 aromatic heterocycles. The van der Waals surface area contributed by atoms with Gasteiger partial charge in [-0.2, -0.15) is 0 Å². The minimum Gasteiger partial charge on any atom is -0.338 e. The van der Waals surface area contributed by atoms with Gasteiger partial charge in [0.1, 0.15) is 0 Å². The number of unbranched alkanes of at least 4 members (excludes halogenated alkanes) is 1. The molecule has 1 N–H and O–H groups in total. The van der Waals surface area contributed by atoms with E-state index in [1.165, 1.54) is 0 Å². The summed E-state index contributed by atoms with van der Waals surface area (Å²) in [5.41, 5.74) is 0. The maximum absolute atomic E-state index is 12.4. The van der Waals surface area contributed by atoms with Crippen molar-refractivity contribution in [3.63, 3.8) is 0 Å². The third-order valence-corrected chi connectivity index (χ3v) is 6.21. The summed E-state index contributed by atoms with van der Waals surface area (Å²) in [6.45, 7) is 3.62. The Hall–Kier alpha value is -1.35. The maximum Gasteiger partial charge on any atom is 0.317 e. The monoisotopic (exact) mass is 360 g/mol. The maximum atomic E-state index is 12.4. The van der Waals surface area contributed by atoms with Gasteiger partial charge in [-0.05, 0) is 20.5 Å². The summed E-state index contributed by atoms with van der Waals surface area (Å²) in [7, 11) is 0.363. The fourth-order valence-electron chi connectivity index (χ4n) is 3.35. The molecular weight excluding hydrogens is 332 g/mol. The quantitative estimate of drug-likeness (QED) is 0.659. The molecule has 0 radical (unpaired) electrons. The average molecular weight is 360 g/mol. The molecule has 9 heteroatoms. The molecule has 2 aliphatic heterocycles. The number of urea groups is 1. The van der Waals surface area contributed by atoms with Gasteiger partial charge in [-0.15, -0.1) is 0 Å². The molecule has 0 aromatic carbocycles. The van der Waals surface area contributed by atoms with Crippen LogP contribution in [0.4, 0.5) is 4.79 Å². The Kier molecular flexibility index (Phi) is 6.08. The number of rotatable bonds is 5. The van der Waals surface area contributed by atoms with Gasteiger partial charge in [-0.25, -0.2) is 13.2 Å². The molecule has 0 aliphatic carbocycles. The second-order valence-corrected chi connectivity index (χ2v) is 8.97. The summed E-state index contributed by atoms with van der Waals surface area (Å²) in [4.78, 5) is 29.8. The van der Waals surface area contributed by atoms with Crippen molar-refractivity contribution in [3.05, 3.63) is 0 Å². The summed E-state index contributed by atoms with van der Waals surface area (Å²) in [5.74, 6) is -0.210. The molecule has 24 heavy (non-hydrogen) atoms. The summed E-state index contributed by atoms with van der Waals surface area (Å²) < 4.78 is 24.2. The fraction of sp³-hybridized carbons (Fsp3) is 0.867. The predicted octanol–water partition coefficient (Wildman–Crippen LogP) is -0.632. The van der Waals surface area contributed by atoms with Crippen LogP contribution in [0.2, 0.25) is 0 Å². The van der Waals surface area contributed by atoms with Crippen molar-refractivity contribution < 1.29 is 18.0 Å². The van der Waals surface area contributed by atoms with Gasteiger partial charge in [-0.3, -0.25) is 4.79 Å². The van der Waals surface area contributed by atoms with Gasteiger partial charge in [0.25, 0.3) is 0 Å². The van der Waals surface area contributed by atoms with Crippen LogP contribution in [0.1, 0.15) is 19.8 Å². The highest BCUT2D eigenvalue weighted by atomic mass is 32.2. The van der Waals surface area contributed by atoms with Crippen molar-refractivity contribution >= 4 is 21.8 Å². The number of nitrogens with zero attached hydrogens (tertiary/aromatic N) is 3. The van der Waals surface area contributed by atoms with E-state index in [2.05, 4.69) is 5.32 Å². The van der Waals surface area contributed by atoms with Crippen LogP contribution in [0.3, 0.4) is 0 Å². The zero-order valence-corrected chi connectivity index (χ0v) is 15.5. The van der Waals surface area contributed by atoms with Gasteiger partial charge in [0.15, 0.2) is 9.84 Å². The first-order valence-electron chi connectivity index (χ1n) is 8.44. The molecule has 2 rings (SSSR count). The van der Waals surface area contributed by atoms with Crippen LogP contribution in [0.25, 0.3) is 0 Å². The number of amides is 3. The van der Waals surface area contributed by atoms with Crippen molar-refractivity contribution in [1.82, 2.24) is 20.0 Å². The molecule has 138 valence electrons. The smallest absolute Gasteiger partial charge is 0.317 e. The van der Waals surface area contributed by atoms with E-state index in [4.69, 9.17) is 0 Å². The Morgan fingerprint density at radius 3 is 2.29 bits per heavy atom. The highest BCUT2D eigenvalue weighted by Gasteiger charge is 2.49. The minimum absolute atomic E-state index is 0.0599. The summed E-state index contributed by atoms with van der Waals surface area (Å²) in [6.07, 6.45) is 1.87. The lowest BCUT2D eigenvalue weighted by molar-refractivity contribution is -0.136. The molecule has 2 aliphatic rings. The first-order chi connectivity index (χ1) is 11.2. The van der Waals surface area contributed by atoms with Crippen LogP contribution in [0.15, 0.2) is 0 Å². The van der Waals surface area contributed by atoms with Gasteiger partial charge in [0, 0.05) is 19.6 Å². The molecule has 2 heterocycles. The van der Waals surface area contributed by atoms with Crippen LogP contribution < -0.4 is 5.32 Å². The number of likely N-dealkylation sites (N-methyl/N-ethyl adjacent to an activating group) is 1. The van der Waals surface area contributed by atoms with E-state index in [0.29, 0.717) is 19.6 Å². The Morgan fingerprint density at radius 2 is 1.71 bits per heavy atom. The number of hydrogen-bond donors (Lipinski definition) is 1. The Labute approximate surface area is 144 Å². The van der Waals surface area contributed by atoms with E-state index < -0.39 is 21.9 Å². The molecule has 0 bridgehead atoms. The lowest BCUT2D eigenvalue weighted by Crippen LogP contribution is -2.64. The zero-order valence-electron chi connectivity index (χ0n) is 14.7. The molecule has 2 fully saturated rings. The van der Waals surface area contributed by atoms with Crippen molar-refractivity contribution in [1.29, 1.82) is 0 Å². The van der Waals surface area contributed by atoms with Crippen molar-refractivity contribution in [2.24, 2.45) is 0 Å². The van der Waals surface area contributed by atoms with Gasteiger partial charge in [-0.1, -0.05) is 13.3 Å². The number of carbonyl (C=O) groups excluding carboxylic acids is 2. The Morgan fingerprint density at radius 1 is 1.12 bits per heavy atom. The average Bonchev–Trinajstić information content (AvgIpc) is 2.80. The minimum atomic E-state index is -3.24. The third kappa shape index (κ3) is 4.38. The van der Waals surface area contributed by atoms with Crippen molar-refractivity contribution in [3.8, 4) is 0 Å². The highest BCUT2D eigenvalue weighted by molar-refractivity contribution is 7.91. The van der Waals surface area contributed by atoms with Gasteiger partial charge >= 0.3 is 6.03 Å². The summed E-state index contributed by atoms with van der Waals surface area (Å²) in [5, 5.41) is 2.85. The third-order valence-electron chi connectivity index (χ3n) is 4.52. The molecule has 2 atom stereocenters. The van der Waals surface area contributed by atoms with Crippen molar-refractivity contribution in [2.75, 3.05) is 51.8 Å². The molecule has 0 saturated carbocycles. The van der Waals surface area contributed by atoms with Crippen LogP contribution in [0.5, 0.6) is 0 Å². The van der Waals surface area contributed by atoms with E-state index in [1.54, 1.807) is 28.8 Å². The molecule has 0 spiro atoms. The van der Waals surface area contributed by atoms with Gasteiger partial charge < -0.3 is 20.0 Å². The van der Waals surface area contributed by atoms with E-state index >= 15 is 0 Å². The number of hydrogen-bond acceptors (Lipinski definition) is 5.